The maximum atomic E-state index is 4.83. The van der Waals surface area contributed by atoms with Gasteiger partial charge in [-0.3, -0.25) is 0 Å². The van der Waals surface area contributed by atoms with Crippen LogP contribution < -0.4 is 101 Å². The molecule has 16 heteroatoms. The Hall–Kier alpha value is 3.17. The molecule has 5 nitrogen and oxygen atoms in total. The topological polar surface area (TPSA) is 35.4 Å². The van der Waals surface area contributed by atoms with Gasteiger partial charge in [-0.15, -0.1) is 0 Å². The molecule has 0 spiro atoms. The Labute approximate surface area is 452 Å². The summed E-state index contributed by atoms with van der Waals surface area (Å²) < 4.78 is 14.5. The Balaban J connectivity index is -0.000000106. The molecule has 2 aromatic carbocycles. The van der Waals surface area contributed by atoms with Gasteiger partial charge in [-0.05, 0) is 81.6 Å². The van der Waals surface area contributed by atoms with E-state index in [9.17, 15) is 0 Å². The molecule has 1 N–H and O–H groups in total. The van der Waals surface area contributed by atoms with Crippen LogP contribution in [-0.2, 0) is 27.3 Å². The standard InChI is InChI=1S/2C16H32NPSi2.3C4H10O.Ge.2HI.2Li/c2*1-17(2)13-14-11-9-10-12-15(14)18-16(19(3,4)5)20(6,7)8;3*1-3-5-4-2;;;;;/h2*9-12,16,18H,13H2,1-8H3;3*3-4H2,1-2H3;;2*1H;;/q;;;;;;;;2*+1/p-1. The van der Waals surface area contributed by atoms with E-state index in [1.54, 1.807) is 16.2 Å². The number of hydrogen-bond acceptors (Lipinski definition) is 4. The van der Waals surface area contributed by atoms with Gasteiger partial charge in [0.2, 0.25) is 0 Å². The summed E-state index contributed by atoms with van der Waals surface area (Å²) >= 11 is 0. The van der Waals surface area contributed by atoms with E-state index in [1.807, 2.05) is 41.5 Å². The minimum atomic E-state index is -1.11. The van der Waals surface area contributed by atoms with E-state index in [0.717, 1.165) is 79.7 Å². The van der Waals surface area contributed by atoms with Gasteiger partial charge >= 0.3 is 37.7 Å². The van der Waals surface area contributed by atoms with Crippen LogP contribution in [0.5, 0.6) is 0 Å². The summed E-state index contributed by atoms with van der Waals surface area (Å²) in [7, 11) is 6.40. The molecular formula is C44H95GeI2Li2N2O3P2Si4+. The smallest absolute Gasteiger partial charge is 1.00 e. The third-order valence-corrected chi connectivity index (χ3v) is 40.0. The average Bonchev–Trinajstić information content (AvgIpc) is 3.03. The normalized spacial score (nSPS) is 11.4. The van der Waals surface area contributed by atoms with Crippen molar-refractivity contribution in [2.24, 2.45) is 0 Å². The number of halogens is 2. The Bertz CT molecular complexity index is 1100. The molecule has 0 saturated heterocycles. The number of hydrogen-bond donors (Lipinski definition) is 1. The monoisotopic (exact) mass is 1220 g/mol. The molecule has 2 aromatic rings. The van der Waals surface area contributed by atoms with Crippen LogP contribution in [0.15, 0.2) is 48.5 Å². The van der Waals surface area contributed by atoms with Crippen LogP contribution in [0.2, 0.25) is 78.6 Å². The van der Waals surface area contributed by atoms with Gasteiger partial charge in [-0.1, -0.05) is 144 Å². The number of quaternary nitrogens is 1. The van der Waals surface area contributed by atoms with Crippen LogP contribution in [0, 0.1) is 0 Å². The number of nitrogens with zero attached hydrogens (tertiary/aromatic N) is 1. The summed E-state index contributed by atoms with van der Waals surface area (Å²) in [6.45, 7) is 49.9. The summed E-state index contributed by atoms with van der Waals surface area (Å²) in [5, 5.41) is 3.24. The van der Waals surface area contributed by atoms with Crippen molar-refractivity contribution in [3.63, 3.8) is 0 Å². The van der Waals surface area contributed by atoms with E-state index in [-0.39, 0.29) is 103 Å². The first kappa shape index (κ1) is 80.2. The SMILES string of the molecule is CCOCC.CCOCC.CCOCC.CN(C)Cc1ccccc1PC([Si](C)(C)C)[Si](C)(C)C.C[NH+](C)Cc1ccccc1PC([Si](C)(C)C)[Si](C)(C)C.[Ge].[I-].[I-].[Li+].[Li+]. The molecule has 0 heterocycles. The van der Waals surface area contributed by atoms with Gasteiger partial charge in [0.1, 0.15) is 6.54 Å². The molecule has 4 radical (unpaired) electrons. The second kappa shape index (κ2) is 44.7. The van der Waals surface area contributed by atoms with Crippen LogP contribution in [0.4, 0.5) is 0 Å². The van der Waals surface area contributed by atoms with Crippen molar-refractivity contribution in [3.05, 3.63) is 59.7 Å². The van der Waals surface area contributed by atoms with Gasteiger partial charge in [0.25, 0.3) is 0 Å². The number of benzene rings is 2. The predicted octanol–water partition coefficient (Wildman–Crippen LogP) is -2.30. The van der Waals surface area contributed by atoms with Crippen LogP contribution in [-0.4, -0.2) is 132 Å². The van der Waals surface area contributed by atoms with E-state index < -0.39 is 32.3 Å². The number of nitrogens with one attached hydrogen (secondary N) is 1. The van der Waals surface area contributed by atoms with Gasteiger partial charge < -0.3 is 72.0 Å². The zero-order valence-electron chi connectivity index (χ0n) is 43.9. The van der Waals surface area contributed by atoms with E-state index in [2.05, 4.69) is 160 Å². The van der Waals surface area contributed by atoms with Gasteiger partial charge in [0, 0.05) is 102 Å². The average molecular weight is 1210 g/mol. The summed E-state index contributed by atoms with van der Waals surface area (Å²) in [4.78, 5) is 5.74. The molecule has 2 unspecified atom stereocenters. The Morgan fingerprint density at radius 3 is 0.967 bits per heavy atom. The van der Waals surface area contributed by atoms with Crippen LogP contribution in [0.25, 0.3) is 0 Å². The summed E-state index contributed by atoms with van der Waals surface area (Å²) in [5.74, 6) is 0. The molecule has 2 rings (SSSR count). The predicted molar refractivity (Wildman–Crippen MR) is 276 cm³/mol. The van der Waals surface area contributed by atoms with E-state index >= 15 is 0 Å². The minimum absolute atomic E-state index is 0. The van der Waals surface area contributed by atoms with Crippen LogP contribution in [0.3, 0.4) is 0 Å². The molecule has 0 aromatic heterocycles. The van der Waals surface area contributed by atoms with E-state index in [0.29, 0.717) is 0 Å². The summed E-state index contributed by atoms with van der Waals surface area (Å²) in [6, 6.07) is 18.2. The molecule has 0 aliphatic carbocycles. The fraction of sp³-hybridized carbons (Fsp3) is 0.727. The molecule has 0 aliphatic heterocycles. The van der Waals surface area contributed by atoms with Crippen LogP contribution >= 0.6 is 17.2 Å². The summed E-state index contributed by atoms with van der Waals surface area (Å²) in [6.07, 6.45) is 0. The third-order valence-electron chi connectivity index (χ3n) is 8.35. The quantitative estimate of drug-likeness (QED) is 0.104. The molecular weight excluding hydrogens is 1120 g/mol. The number of ether oxygens (including phenoxy) is 3. The molecule has 60 heavy (non-hydrogen) atoms. The molecule has 0 amide bonds. The van der Waals surface area contributed by atoms with Crippen molar-refractivity contribution in [2.75, 3.05) is 67.8 Å². The van der Waals surface area contributed by atoms with E-state index in [1.165, 1.54) is 10.5 Å². The molecule has 0 saturated carbocycles. The van der Waals surface area contributed by atoms with Gasteiger partial charge in [-0.2, -0.15) is 0 Å². The minimum Gasteiger partial charge on any atom is -1.00 e. The first-order valence-corrected chi connectivity index (χ1v) is 37.6. The Morgan fingerprint density at radius 2 is 0.750 bits per heavy atom. The van der Waals surface area contributed by atoms with Crippen molar-refractivity contribution in [3.8, 4) is 0 Å². The molecule has 0 aliphatic rings. The van der Waals surface area contributed by atoms with Gasteiger partial charge in [0.05, 0.1) is 14.1 Å². The second-order valence-corrected chi connectivity index (χ2v) is 46.4. The molecule has 0 fully saturated rings. The Morgan fingerprint density at radius 1 is 0.500 bits per heavy atom. The Kier molecular flexibility index (Phi) is 59.7. The van der Waals surface area contributed by atoms with Crippen molar-refractivity contribution in [1.29, 1.82) is 0 Å². The first-order chi connectivity index (χ1) is 25.3. The molecule has 344 valence electrons. The fourth-order valence-corrected chi connectivity index (χ4v) is 38.0. The largest absolute Gasteiger partial charge is 1.00 e. The number of rotatable bonds is 18. The first-order valence-electron chi connectivity index (χ1n) is 21.1. The van der Waals surface area contributed by atoms with Gasteiger partial charge in [-0.25, -0.2) is 0 Å². The second-order valence-electron chi connectivity index (χ2n) is 18.9. The zero-order valence-corrected chi connectivity index (χ0v) is 56.3. The van der Waals surface area contributed by atoms with Crippen molar-refractivity contribution in [2.45, 2.75) is 143 Å². The summed E-state index contributed by atoms with van der Waals surface area (Å²) in [5.41, 5.74) is 3.09. The molecule has 0 bridgehead atoms. The third kappa shape index (κ3) is 43.7. The van der Waals surface area contributed by atoms with Crippen LogP contribution in [0.1, 0.15) is 52.7 Å². The van der Waals surface area contributed by atoms with Crippen molar-refractivity contribution >= 4 is 77.7 Å². The van der Waals surface area contributed by atoms with Gasteiger partial charge in [0.15, 0.2) is 0 Å². The van der Waals surface area contributed by atoms with Crippen molar-refractivity contribution in [1.82, 2.24) is 4.90 Å². The fourth-order valence-electron chi connectivity index (χ4n) is 6.72. The maximum Gasteiger partial charge on any atom is 1.00 e. The zero-order chi connectivity index (χ0) is 43.5. The maximum absolute atomic E-state index is 4.83. The van der Waals surface area contributed by atoms with E-state index in [4.69, 9.17) is 14.2 Å². The van der Waals surface area contributed by atoms with Crippen molar-refractivity contribution < 1.29 is 105 Å². The molecule has 2 atom stereocenters.